The fourth-order valence-electron chi connectivity index (χ4n) is 3.80. The molecule has 1 aromatic carbocycles. The molecule has 2 atom stereocenters. The Labute approximate surface area is 116 Å². The van der Waals surface area contributed by atoms with Crippen LogP contribution in [0.25, 0.3) is 0 Å². The van der Waals surface area contributed by atoms with Crippen LogP contribution in [-0.2, 0) is 12.0 Å². The van der Waals surface area contributed by atoms with E-state index in [9.17, 15) is 5.11 Å². The first kappa shape index (κ1) is 13.1. The zero-order valence-corrected chi connectivity index (χ0v) is 11.7. The van der Waals surface area contributed by atoms with E-state index in [-0.39, 0.29) is 6.04 Å². The van der Waals surface area contributed by atoms with E-state index in [0.717, 1.165) is 32.2 Å². The summed E-state index contributed by atoms with van der Waals surface area (Å²) in [6.45, 7) is 1.05. The summed E-state index contributed by atoms with van der Waals surface area (Å²) in [5.74, 6) is 0. The molecule has 2 unspecified atom stereocenters. The van der Waals surface area contributed by atoms with Crippen molar-refractivity contribution in [3.8, 4) is 0 Å². The first-order valence-corrected chi connectivity index (χ1v) is 7.85. The quantitative estimate of drug-likeness (QED) is 0.759. The second kappa shape index (κ2) is 5.64. The third-order valence-corrected chi connectivity index (χ3v) is 4.87. The summed E-state index contributed by atoms with van der Waals surface area (Å²) in [5.41, 5.74) is 1.89. The Kier molecular flexibility index (Phi) is 3.90. The maximum atomic E-state index is 11.4. The van der Waals surface area contributed by atoms with Crippen LogP contribution in [-0.4, -0.2) is 17.7 Å². The van der Waals surface area contributed by atoms with Crippen LogP contribution in [0.1, 0.15) is 56.1 Å². The van der Waals surface area contributed by atoms with Crippen LogP contribution in [0.2, 0.25) is 0 Å². The van der Waals surface area contributed by atoms with Gasteiger partial charge < -0.3 is 10.4 Å². The molecule has 0 radical (unpaired) electrons. The fraction of sp³-hybridized carbons (Fsp3) is 0.647. The topological polar surface area (TPSA) is 32.3 Å². The molecule has 1 aromatic rings. The smallest absolute Gasteiger partial charge is 0.105 e. The van der Waals surface area contributed by atoms with Crippen LogP contribution in [0.15, 0.2) is 24.3 Å². The molecule has 0 amide bonds. The minimum atomic E-state index is -0.655. The highest BCUT2D eigenvalue weighted by Gasteiger charge is 2.40. The average Bonchev–Trinajstić information content (AvgIpc) is 2.80. The van der Waals surface area contributed by atoms with Crippen molar-refractivity contribution in [1.29, 1.82) is 0 Å². The normalized spacial score (nSPS) is 32.2. The molecule has 0 spiro atoms. The Morgan fingerprint density at radius 2 is 1.95 bits per heavy atom. The summed E-state index contributed by atoms with van der Waals surface area (Å²) in [4.78, 5) is 0. The number of rotatable bonds is 1. The molecule has 1 aliphatic heterocycles. The van der Waals surface area contributed by atoms with Gasteiger partial charge in [0.1, 0.15) is 5.60 Å². The largest absolute Gasteiger partial charge is 0.384 e. The molecule has 0 aromatic heterocycles. The van der Waals surface area contributed by atoms with Gasteiger partial charge in [-0.1, -0.05) is 37.1 Å². The van der Waals surface area contributed by atoms with Crippen molar-refractivity contribution >= 4 is 0 Å². The fourth-order valence-corrected chi connectivity index (χ4v) is 3.80. The van der Waals surface area contributed by atoms with Crippen molar-refractivity contribution in [2.24, 2.45) is 0 Å². The van der Waals surface area contributed by atoms with Gasteiger partial charge in [0.2, 0.25) is 0 Å². The minimum absolute atomic E-state index is 0.231. The van der Waals surface area contributed by atoms with E-state index in [1.807, 2.05) is 0 Å². The summed E-state index contributed by atoms with van der Waals surface area (Å²) in [7, 11) is 0. The molecular formula is C17H25NO. The predicted molar refractivity (Wildman–Crippen MR) is 78.2 cm³/mol. The van der Waals surface area contributed by atoms with Crippen LogP contribution < -0.4 is 5.32 Å². The number of hydrogen-bond donors (Lipinski definition) is 2. The lowest BCUT2D eigenvalue weighted by Crippen LogP contribution is -2.48. The van der Waals surface area contributed by atoms with Gasteiger partial charge in [0.25, 0.3) is 0 Å². The number of aliphatic hydroxyl groups is 1. The molecule has 1 saturated heterocycles. The van der Waals surface area contributed by atoms with E-state index >= 15 is 0 Å². The SMILES string of the molecule is OC1(C2CCCCCN2)CCCCc2ccccc21. The second-order valence-corrected chi connectivity index (χ2v) is 6.14. The molecule has 2 N–H and O–H groups in total. The van der Waals surface area contributed by atoms with Crippen LogP contribution in [0.4, 0.5) is 0 Å². The van der Waals surface area contributed by atoms with Gasteiger partial charge in [-0.2, -0.15) is 0 Å². The molecule has 1 aliphatic carbocycles. The zero-order valence-electron chi connectivity index (χ0n) is 11.7. The van der Waals surface area contributed by atoms with Crippen LogP contribution in [0.5, 0.6) is 0 Å². The highest BCUT2D eigenvalue weighted by atomic mass is 16.3. The summed E-state index contributed by atoms with van der Waals surface area (Å²) >= 11 is 0. The van der Waals surface area contributed by atoms with E-state index in [1.54, 1.807) is 0 Å². The molecular weight excluding hydrogens is 234 g/mol. The third kappa shape index (κ3) is 2.56. The second-order valence-electron chi connectivity index (χ2n) is 6.14. The van der Waals surface area contributed by atoms with Crippen molar-refractivity contribution in [3.63, 3.8) is 0 Å². The van der Waals surface area contributed by atoms with Crippen molar-refractivity contribution in [2.75, 3.05) is 6.54 Å². The van der Waals surface area contributed by atoms with E-state index in [4.69, 9.17) is 0 Å². The Balaban J connectivity index is 1.96. The summed E-state index contributed by atoms with van der Waals surface area (Å²) in [5, 5.41) is 15.0. The van der Waals surface area contributed by atoms with Crippen molar-refractivity contribution in [1.82, 2.24) is 5.32 Å². The Bertz CT molecular complexity index is 423. The molecule has 3 rings (SSSR count). The molecule has 0 bridgehead atoms. The molecule has 1 heterocycles. The van der Waals surface area contributed by atoms with Gasteiger partial charge in [-0.15, -0.1) is 0 Å². The van der Waals surface area contributed by atoms with Gasteiger partial charge >= 0.3 is 0 Å². The Hall–Kier alpha value is -0.860. The molecule has 104 valence electrons. The molecule has 1 fully saturated rings. The standard InChI is InChI=1S/C17H25NO/c19-17(16-11-2-1-7-13-18-16)12-6-5-9-14-8-3-4-10-15(14)17/h3-4,8,10,16,18-19H,1-2,5-7,9,11-13H2. The lowest BCUT2D eigenvalue weighted by Gasteiger charge is -2.37. The van der Waals surface area contributed by atoms with Gasteiger partial charge in [0.05, 0.1) is 0 Å². The highest BCUT2D eigenvalue weighted by molar-refractivity contribution is 5.35. The number of benzene rings is 1. The molecule has 0 saturated carbocycles. The lowest BCUT2D eigenvalue weighted by atomic mass is 9.80. The van der Waals surface area contributed by atoms with E-state index in [1.165, 1.54) is 36.8 Å². The van der Waals surface area contributed by atoms with Crippen LogP contribution in [0, 0.1) is 0 Å². The first-order valence-electron chi connectivity index (χ1n) is 7.85. The number of fused-ring (bicyclic) bond motifs is 1. The number of aryl methyl sites for hydroxylation is 1. The van der Waals surface area contributed by atoms with Gasteiger partial charge in [0.15, 0.2) is 0 Å². The minimum Gasteiger partial charge on any atom is -0.384 e. The first-order chi connectivity index (χ1) is 9.31. The lowest BCUT2D eigenvalue weighted by molar-refractivity contribution is -0.0135. The van der Waals surface area contributed by atoms with Gasteiger partial charge in [-0.3, -0.25) is 0 Å². The van der Waals surface area contributed by atoms with Gasteiger partial charge in [0, 0.05) is 6.04 Å². The van der Waals surface area contributed by atoms with Gasteiger partial charge in [-0.25, -0.2) is 0 Å². The number of nitrogens with one attached hydrogen (secondary N) is 1. The molecule has 2 heteroatoms. The molecule has 2 aliphatic rings. The monoisotopic (exact) mass is 259 g/mol. The third-order valence-electron chi connectivity index (χ3n) is 4.87. The van der Waals surface area contributed by atoms with Crippen LogP contribution in [0.3, 0.4) is 0 Å². The summed E-state index contributed by atoms with van der Waals surface area (Å²) in [6.07, 6.45) is 9.23. The summed E-state index contributed by atoms with van der Waals surface area (Å²) < 4.78 is 0. The molecule has 19 heavy (non-hydrogen) atoms. The maximum Gasteiger partial charge on any atom is 0.105 e. The summed E-state index contributed by atoms with van der Waals surface area (Å²) in [6, 6.07) is 8.75. The highest BCUT2D eigenvalue weighted by Crippen LogP contribution is 2.38. The maximum absolute atomic E-state index is 11.4. The Morgan fingerprint density at radius 3 is 2.89 bits per heavy atom. The van der Waals surface area contributed by atoms with Gasteiger partial charge in [-0.05, 0) is 56.2 Å². The molecule has 2 nitrogen and oxygen atoms in total. The Morgan fingerprint density at radius 1 is 1.05 bits per heavy atom. The van der Waals surface area contributed by atoms with Crippen molar-refractivity contribution < 1.29 is 5.11 Å². The number of hydrogen-bond acceptors (Lipinski definition) is 2. The van der Waals surface area contributed by atoms with Crippen molar-refractivity contribution in [2.45, 2.75) is 63.0 Å². The van der Waals surface area contributed by atoms with E-state index in [0.29, 0.717) is 0 Å². The van der Waals surface area contributed by atoms with E-state index in [2.05, 4.69) is 29.6 Å². The average molecular weight is 259 g/mol. The van der Waals surface area contributed by atoms with Crippen molar-refractivity contribution in [3.05, 3.63) is 35.4 Å². The zero-order chi connectivity index (χ0) is 13.1. The predicted octanol–water partition coefficient (Wildman–Crippen LogP) is 3.13. The van der Waals surface area contributed by atoms with E-state index < -0.39 is 5.60 Å². The van der Waals surface area contributed by atoms with Crippen LogP contribution >= 0.6 is 0 Å².